The summed E-state index contributed by atoms with van der Waals surface area (Å²) in [6, 6.07) is 19.3. The standard InChI is InChI=1S/C28H22BrFN2O5/c1-17-26(28(35)36-2)24(27(34)32(17)22-5-3-4-19(29)15-22)14-18-6-12-23(13-7-18)37-16-25(33)31-21-10-8-20(30)9-11-21/h3-15H,16H2,1-2H3,(H,31,33)/b24-14-. The lowest BCUT2D eigenvalue weighted by Crippen LogP contribution is -2.24. The molecule has 0 aliphatic carbocycles. The van der Waals surface area contributed by atoms with E-state index in [1.807, 2.05) is 6.07 Å². The molecule has 0 aromatic heterocycles. The van der Waals surface area contributed by atoms with Crippen molar-refractivity contribution in [1.29, 1.82) is 0 Å². The van der Waals surface area contributed by atoms with Crippen LogP contribution < -0.4 is 15.0 Å². The van der Waals surface area contributed by atoms with E-state index in [2.05, 4.69) is 21.2 Å². The topological polar surface area (TPSA) is 84.9 Å². The Hall–Kier alpha value is -4.24. The van der Waals surface area contributed by atoms with E-state index in [1.165, 1.54) is 36.3 Å². The monoisotopic (exact) mass is 564 g/mol. The number of halogens is 2. The van der Waals surface area contributed by atoms with E-state index >= 15 is 0 Å². The fourth-order valence-corrected chi connectivity index (χ4v) is 4.20. The highest BCUT2D eigenvalue weighted by molar-refractivity contribution is 9.10. The Labute approximate surface area is 221 Å². The molecule has 3 aromatic carbocycles. The summed E-state index contributed by atoms with van der Waals surface area (Å²) in [6.45, 7) is 1.45. The van der Waals surface area contributed by atoms with Gasteiger partial charge in [-0.05, 0) is 73.2 Å². The summed E-state index contributed by atoms with van der Waals surface area (Å²) < 4.78 is 24.3. The number of hydrogen-bond acceptors (Lipinski definition) is 5. The predicted octanol–water partition coefficient (Wildman–Crippen LogP) is 5.48. The molecule has 0 unspecified atom stereocenters. The van der Waals surface area contributed by atoms with E-state index in [0.717, 1.165) is 4.47 Å². The minimum absolute atomic E-state index is 0.185. The Morgan fingerprint density at radius 2 is 1.76 bits per heavy atom. The van der Waals surface area contributed by atoms with Crippen LogP contribution in [0.3, 0.4) is 0 Å². The van der Waals surface area contributed by atoms with Gasteiger partial charge in [-0.15, -0.1) is 0 Å². The van der Waals surface area contributed by atoms with Gasteiger partial charge in [0.15, 0.2) is 6.61 Å². The van der Waals surface area contributed by atoms with Crippen molar-refractivity contribution in [3.05, 3.63) is 105 Å². The Morgan fingerprint density at radius 1 is 1.05 bits per heavy atom. The van der Waals surface area contributed by atoms with Gasteiger partial charge in [-0.3, -0.25) is 14.5 Å². The summed E-state index contributed by atoms with van der Waals surface area (Å²) in [6.07, 6.45) is 1.61. The fraction of sp³-hybridized carbons (Fsp3) is 0.107. The normalized spacial score (nSPS) is 14.2. The van der Waals surface area contributed by atoms with Gasteiger partial charge in [-0.25, -0.2) is 9.18 Å². The number of esters is 1. The molecule has 0 saturated carbocycles. The molecule has 0 radical (unpaired) electrons. The van der Waals surface area contributed by atoms with E-state index in [0.29, 0.717) is 28.4 Å². The number of methoxy groups -OCH3 is 1. The first kappa shape index (κ1) is 25.8. The molecule has 2 amide bonds. The number of benzene rings is 3. The summed E-state index contributed by atoms with van der Waals surface area (Å²) in [4.78, 5) is 39.5. The average molecular weight is 565 g/mol. The van der Waals surface area contributed by atoms with Crippen molar-refractivity contribution in [3.63, 3.8) is 0 Å². The molecule has 4 rings (SSSR count). The van der Waals surface area contributed by atoms with Crippen molar-refractivity contribution in [2.24, 2.45) is 0 Å². The first-order chi connectivity index (χ1) is 17.8. The van der Waals surface area contributed by atoms with Crippen molar-refractivity contribution >= 4 is 51.2 Å². The zero-order valence-electron chi connectivity index (χ0n) is 20.0. The maximum Gasteiger partial charge on any atom is 0.340 e. The van der Waals surface area contributed by atoms with E-state index in [4.69, 9.17) is 9.47 Å². The minimum Gasteiger partial charge on any atom is -0.484 e. The van der Waals surface area contributed by atoms with E-state index in [9.17, 15) is 18.8 Å². The molecule has 0 spiro atoms. The summed E-state index contributed by atoms with van der Waals surface area (Å²) in [5, 5.41) is 2.62. The van der Waals surface area contributed by atoms with Gasteiger partial charge < -0.3 is 14.8 Å². The van der Waals surface area contributed by atoms with Gasteiger partial charge >= 0.3 is 5.97 Å². The zero-order valence-corrected chi connectivity index (χ0v) is 21.5. The van der Waals surface area contributed by atoms with Gasteiger partial charge in [-0.2, -0.15) is 0 Å². The fourth-order valence-electron chi connectivity index (χ4n) is 3.81. The zero-order chi connectivity index (χ0) is 26.5. The number of amides is 2. The number of rotatable bonds is 7. The van der Waals surface area contributed by atoms with E-state index in [-0.39, 0.29) is 23.7 Å². The quantitative estimate of drug-likeness (QED) is 0.303. The number of allylic oxidation sites excluding steroid dienone is 1. The summed E-state index contributed by atoms with van der Waals surface area (Å²) in [5.74, 6) is -1.32. The molecule has 3 aromatic rings. The van der Waals surface area contributed by atoms with Crippen molar-refractivity contribution in [2.75, 3.05) is 23.9 Å². The Bertz CT molecular complexity index is 1420. The molecule has 0 saturated heterocycles. The number of carbonyl (C=O) groups excluding carboxylic acids is 3. The maximum atomic E-state index is 13.4. The number of nitrogens with zero attached hydrogens (tertiary/aromatic N) is 1. The van der Waals surface area contributed by atoms with Crippen LogP contribution in [0.2, 0.25) is 0 Å². The lowest BCUT2D eigenvalue weighted by molar-refractivity contribution is -0.136. The largest absolute Gasteiger partial charge is 0.484 e. The second-order valence-corrected chi connectivity index (χ2v) is 8.96. The highest BCUT2D eigenvalue weighted by atomic mass is 79.9. The minimum atomic E-state index is -0.610. The molecule has 0 fully saturated rings. The van der Waals surface area contributed by atoms with Gasteiger partial charge in [0.1, 0.15) is 11.6 Å². The number of carbonyl (C=O) groups is 3. The summed E-state index contributed by atoms with van der Waals surface area (Å²) in [7, 11) is 1.27. The summed E-state index contributed by atoms with van der Waals surface area (Å²) >= 11 is 3.41. The molecule has 1 heterocycles. The van der Waals surface area contributed by atoms with Crippen molar-refractivity contribution in [1.82, 2.24) is 0 Å². The Balaban J connectivity index is 1.50. The molecular weight excluding hydrogens is 543 g/mol. The number of hydrogen-bond donors (Lipinski definition) is 1. The Kier molecular flexibility index (Phi) is 7.83. The second-order valence-electron chi connectivity index (χ2n) is 8.04. The molecular formula is C28H22BrFN2O5. The highest BCUT2D eigenvalue weighted by Gasteiger charge is 2.37. The third-order valence-corrected chi connectivity index (χ3v) is 6.04. The van der Waals surface area contributed by atoms with Crippen LogP contribution in [-0.4, -0.2) is 31.5 Å². The van der Waals surface area contributed by atoms with Crippen LogP contribution in [-0.2, 0) is 19.1 Å². The molecule has 188 valence electrons. The molecule has 9 heteroatoms. The number of nitrogens with one attached hydrogen (secondary N) is 1. The second kappa shape index (κ2) is 11.2. The first-order valence-electron chi connectivity index (χ1n) is 11.2. The predicted molar refractivity (Wildman–Crippen MR) is 141 cm³/mol. The SMILES string of the molecule is COC(=O)C1=C(C)N(c2cccc(Br)c2)C(=O)/C1=C\c1ccc(OCC(=O)Nc2ccc(F)cc2)cc1. The molecule has 1 N–H and O–H groups in total. The number of ether oxygens (including phenoxy) is 2. The van der Waals surface area contributed by atoms with E-state index in [1.54, 1.807) is 55.5 Å². The maximum absolute atomic E-state index is 13.4. The third kappa shape index (κ3) is 5.95. The van der Waals surface area contributed by atoms with Gasteiger partial charge in [0.05, 0.1) is 23.9 Å². The molecule has 1 aliphatic rings. The lowest BCUT2D eigenvalue weighted by atomic mass is 10.0. The molecule has 7 nitrogen and oxygen atoms in total. The van der Waals surface area contributed by atoms with Crippen molar-refractivity contribution in [2.45, 2.75) is 6.92 Å². The van der Waals surface area contributed by atoms with Gasteiger partial charge in [-0.1, -0.05) is 34.1 Å². The smallest absolute Gasteiger partial charge is 0.340 e. The van der Waals surface area contributed by atoms with Crippen LogP contribution in [0.25, 0.3) is 6.08 Å². The van der Waals surface area contributed by atoms with Crippen LogP contribution in [0.15, 0.2) is 94.1 Å². The molecule has 0 atom stereocenters. The van der Waals surface area contributed by atoms with Gasteiger partial charge in [0.25, 0.3) is 11.8 Å². The van der Waals surface area contributed by atoms with E-state index < -0.39 is 17.7 Å². The molecule has 1 aliphatic heterocycles. The van der Waals surface area contributed by atoms with Crippen molar-refractivity contribution < 1.29 is 28.2 Å². The van der Waals surface area contributed by atoms with Crippen molar-refractivity contribution in [3.8, 4) is 5.75 Å². The number of anilines is 2. The highest BCUT2D eigenvalue weighted by Crippen LogP contribution is 2.36. The molecule has 37 heavy (non-hydrogen) atoms. The average Bonchev–Trinajstić information content (AvgIpc) is 3.13. The van der Waals surface area contributed by atoms with Crippen LogP contribution in [0.5, 0.6) is 5.75 Å². The summed E-state index contributed by atoms with van der Waals surface area (Å²) in [5.41, 5.74) is 2.58. The first-order valence-corrected chi connectivity index (χ1v) is 12.0. The van der Waals surface area contributed by atoms with Crippen LogP contribution in [0.4, 0.5) is 15.8 Å². The van der Waals surface area contributed by atoms with Crippen LogP contribution >= 0.6 is 15.9 Å². The Morgan fingerprint density at radius 3 is 2.41 bits per heavy atom. The van der Waals surface area contributed by atoms with Crippen LogP contribution in [0, 0.1) is 5.82 Å². The van der Waals surface area contributed by atoms with Crippen LogP contribution in [0.1, 0.15) is 12.5 Å². The van der Waals surface area contributed by atoms with Gasteiger partial charge in [0, 0.05) is 15.9 Å². The molecule has 0 bridgehead atoms. The lowest BCUT2D eigenvalue weighted by Gasteiger charge is -2.18. The van der Waals surface area contributed by atoms with Gasteiger partial charge in [0.2, 0.25) is 0 Å². The third-order valence-electron chi connectivity index (χ3n) is 5.54.